The van der Waals surface area contributed by atoms with Crippen LogP contribution in [-0.2, 0) is 0 Å². The van der Waals surface area contributed by atoms with E-state index in [1.807, 2.05) is 12.1 Å². The van der Waals surface area contributed by atoms with Gasteiger partial charge in [0, 0.05) is 29.1 Å². The minimum absolute atomic E-state index is 0.134. The van der Waals surface area contributed by atoms with E-state index >= 15 is 0 Å². The van der Waals surface area contributed by atoms with Gasteiger partial charge in [0.1, 0.15) is 0 Å². The summed E-state index contributed by atoms with van der Waals surface area (Å²) < 4.78 is 0. The predicted octanol–water partition coefficient (Wildman–Crippen LogP) is 4.85. The minimum Gasteiger partial charge on any atom is -0.303 e. The van der Waals surface area contributed by atoms with Crippen LogP contribution in [0.3, 0.4) is 0 Å². The van der Waals surface area contributed by atoms with Crippen molar-refractivity contribution in [1.82, 2.24) is 5.32 Å². The Kier molecular flexibility index (Phi) is 5.47. The van der Waals surface area contributed by atoms with Gasteiger partial charge in [0.2, 0.25) is 0 Å². The molecule has 0 aliphatic heterocycles. The molecule has 0 amide bonds. The number of rotatable bonds is 7. The van der Waals surface area contributed by atoms with Crippen molar-refractivity contribution in [2.24, 2.45) is 0 Å². The number of nitrogens with zero attached hydrogens (tertiary/aromatic N) is 1. The van der Waals surface area contributed by atoms with E-state index in [1.54, 1.807) is 23.5 Å². The van der Waals surface area contributed by atoms with Crippen molar-refractivity contribution in [1.29, 1.82) is 0 Å². The molecule has 4 nitrogen and oxygen atoms in total. The van der Waals surface area contributed by atoms with Crippen LogP contribution in [0.15, 0.2) is 41.8 Å². The summed E-state index contributed by atoms with van der Waals surface area (Å²) in [6.07, 6.45) is 2.19. The van der Waals surface area contributed by atoms with E-state index < -0.39 is 0 Å². The summed E-state index contributed by atoms with van der Waals surface area (Å²) in [6.45, 7) is 4.27. The predicted molar refractivity (Wildman–Crippen MR) is 86.6 cm³/mol. The van der Waals surface area contributed by atoms with Gasteiger partial charge in [-0.2, -0.15) is 0 Å². The number of hydrogen-bond donors (Lipinski definition) is 1. The molecule has 112 valence electrons. The van der Waals surface area contributed by atoms with Gasteiger partial charge in [-0.25, -0.2) is 0 Å². The zero-order valence-electron chi connectivity index (χ0n) is 12.3. The third-order valence-electron chi connectivity index (χ3n) is 3.52. The number of thiophene rings is 1. The third-order valence-corrected chi connectivity index (χ3v) is 4.51. The van der Waals surface area contributed by atoms with Crippen molar-refractivity contribution < 1.29 is 4.92 Å². The molecular weight excluding hydrogens is 284 g/mol. The van der Waals surface area contributed by atoms with E-state index in [9.17, 15) is 10.1 Å². The first-order valence-corrected chi connectivity index (χ1v) is 8.03. The van der Waals surface area contributed by atoms with E-state index in [-0.39, 0.29) is 16.7 Å². The van der Waals surface area contributed by atoms with Crippen LogP contribution < -0.4 is 5.32 Å². The van der Waals surface area contributed by atoms with Gasteiger partial charge in [-0.15, -0.1) is 11.3 Å². The normalized spacial score (nSPS) is 13.8. The first kappa shape index (κ1) is 15.7. The van der Waals surface area contributed by atoms with Gasteiger partial charge in [-0.1, -0.05) is 31.5 Å². The van der Waals surface area contributed by atoms with E-state index in [0.29, 0.717) is 6.04 Å². The highest BCUT2D eigenvalue weighted by atomic mass is 32.1. The molecule has 1 aromatic heterocycles. The van der Waals surface area contributed by atoms with Gasteiger partial charge in [-0.05, 0) is 30.4 Å². The second-order valence-corrected chi connectivity index (χ2v) is 6.07. The Bertz CT molecular complexity index is 566. The zero-order valence-corrected chi connectivity index (χ0v) is 13.1. The van der Waals surface area contributed by atoms with Crippen molar-refractivity contribution in [2.75, 3.05) is 0 Å². The van der Waals surface area contributed by atoms with Crippen molar-refractivity contribution in [2.45, 2.75) is 38.8 Å². The summed E-state index contributed by atoms with van der Waals surface area (Å²) in [7, 11) is 0. The van der Waals surface area contributed by atoms with Crippen molar-refractivity contribution in [3.05, 3.63) is 62.3 Å². The Morgan fingerprint density at radius 2 is 2.00 bits per heavy atom. The molecule has 0 aliphatic rings. The van der Waals surface area contributed by atoms with E-state index in [1.165, 1.54) is 4.88 Å². The topological polar surface area (TPSA) is 55.2 Å². The average Bonchev–Trinajstić information content (AvgIpc) is 3.01. The van der Waals surface area contributed by atoms with Gasteiger partial charge in [-0.3, -0.25) is 10.1 Å². The molecule has 1 aromatic carbocycles. The summed E-state index contributed by atoms with van der Waals surface area (Å²) in [6, 6.07) is 11.5. The van der Waals surface area contributed by atoms with Crippen LogP contribution >= 0.6 is 11.3 Å². The van der Waals surface area contributed by atoms with Crippen LogP contribution in [0, 0.1) is 10.1 Å². The molecule has 5 heteroatoms. The van der Waals surface area contributed by atoms with Crippen LogP contribution in [-0.4, -0.2) is 4.92 Å². The van der Waals surface area contributed by atoms with Crippen molar-refractivity contribution in [3.63, 3.8) is 0 Å². The lowest BCUT2D eigenvalue weighted by molar-refractivity contribution is -0.384. The molecule has 0 saturated heterocycles. The maximum atomic E-state index is 10.7. The SMILES string of the molecule is CCCC(NC(C)c1ccc([N+](=O)[O-])cc1)c1cccs1. The number of non-ortho nitro benzene ring substituents is 1. The van der Waals surface area contributed by atoms with Crippen molar-refractivity contribution in [3.8, 4) is 0 Å². The van der Waals surface area contributed by atoms with Crippen LogP contribution in [0.2, 0.25) is 0 Å². The Hall–Kier alpha value is -1.72. The molecule has 0 spiro atoms. The average molecular weight is 304 g/mol. The highest BCUT2D eigenvalue weighted by Crippen LogP contribution is 2.27. The summed E-state index contributed by atoms with van der Waals surface area (Å²) in [5.41, 5.74) is 1.20. The van der Waals surface area contributed by atoms with Gasteiger partial charge >= 0.3 is 0 Å². The lowest BCUT2D eigenvalue weighted by Crippen LogP contribution is -2.24. The maximum Gasteiger partial charge on any atom is 0.269 e. The maximum absolute atomic E-state index is 10.7. The molecular formula is C16H20N2O2S. The second kappa shape index (κ2) is 7.33. The molecule has 0 saturated carbocycles. The van der Waals surface area contributed by atoms with E-state index in [2.05, 4.69) is 36.7 Å². The van der Waals surface area contributed by atoms with Crippen LogP contribution in [0.1, 0.15) is 49.2 Å². The Morgan fingerprint density at radius 3 is 2.52 bits per heavy atom. The van der Waals surface area contributed by atoms with Crippen molar-refractivity contribution >= 4 is 17.0 Å². The van der Waals surface area contributed by atoms with E-state index in [0.717, 1.165) is 18.4 Å². The largest absolute Gasteiger partial charge is 0.303 e. The molecule has 2 rings (SSSR count). The van der Waals surface area contributed by atoms with Gasteiger partial charge in [0.05, 0.1) is 4.92 Å². The molecule has 0 bridgehead atoms. The summed E-state index contributed by atoms with van der Waals surface area (Å²) in [4.78, 5) is 11.7. The number of hydrogen-bond acceptors (Lipinski definition) is 4. The summed E-state index contributed by atoms with van der Waals surface area (Å²) in [5.74, 6) is 0. The van der Waals surface area contributed by atoms with Gasteiger partial charge < -0.3 is 5.32 Å². The number of nitro benzene ring substituents is 1. The first-order chi connectivity index (χ1) is 10.1. The van der Waals surface area contributed by atoms with E-state index in [4.69, 9.17) is 0 Å². The minimum atomic E-state index is -0.368. The fourth-order valence-electron chi connectivity index (χ4n) is 2.37. The first-order valence-electron chi connectivity index (χ1n) is 7.15. The molecule has 0 radical (unpaired) electrons. The Morgan fingerprint density at radius 1 is 1.29 bits per heavy atom. The fraction of sp³-hybridized carbons (Fsp3) is 0.375. The van der Waals surface area contributed by atoms with Crippen LogP contribution in [0.25, 0.3) is 0 Å². The number of nitrogens with one attached hydrogen (secondary N) is 1. The molecule has 21 heavy (non-hydrogen) atoms. The molecule has 1 N–H and O–H groups in total. The molecule has 2 atom stereocenters. The second-order valence-electron chi connectivity index (χ2n) is 5.09. The molecule has 1 heterocycles. The Balaban J connectivity index is 2.07. The highest BCUT2D eigenvalue weighted by Gasteiger charge is 2.16. The van der Waals surface area contributed by atoms with Crippen LogP contribution in [0.5, 0.6) is 0 Å². The third kappa shape index (κ3) is 4.12. The smallest absolute Gasteiger partial charge is 0.269 e. The summed E-state index contributed by atoms with van der Waals surface area (Å²) in [5, 5.41) is 16.4. The zero-order chi connectivity index (χ0) is 15.2. The fourth-order valence-corrected chi connectivity index (χ4v) is 3.19. The number of nitro groups is 1. The molecule has 2 unspecified atom stereocenters. The highest BCUT2D eigenvalue weighted by molar-refractivity contribution is 7.10. The van der Waals surface area contributed by atoms with Gasteiger partial charge in [0.15, 0.2) is 0 Å². The summed E-state index contributed by atoms with van der Waals surface area (Å²) >= 11 is 1.76. The molecule has 0 fully saturated rings. The lowest BCUT2D eigenvalue weighted by Gasteiger charge is -2.22. The van der Waals surface area contributed by atoms with Gasteiger partial charge in [0.25, 0.3) is 5.69 Å². The number of benzene rings is 1. The molecule has 0 aliphatic carbocycles. The standard InChI is InChI=1S/C16H20N2O2S/c1-3-5-15(16-6-4-11-21-16)17-12(2)13-7-9-14(10-8-13)18(19)20/h4,6-12,15,17H,3,5H2,1-2H3. The monoisotopic (exact) mass is 304 g/mol. The Labute approximate surface area is 129 Å². The molecule has 2 aromatic rings. The lowest BCUT2D eigenvalue weighted by atomic mass is 10.0. The quantitative estimate of drug-likeness (QED) is 0.587. The van der Waals surface area contributed by atoms with Crippen LogP contribution in [0.4, 0.5) is 5.69 Å².